The summed E-state index contributed by atoms with van der Waals surface area (Å²) in [5, 5.41) is 6.24. The zero-order chi connectivity index (χ0) is 15.2. The van der Waals surface area contributed by atoms with Crippen LogP contribution in [0.25, 0.3) is 0 Å². The second kappa shape index (κ2) is 7.20. The van der Waals surface area contributed by atoms with E-state index in [0.29, 0.717) is 15.8 Å². The van der Waals surface area contributed by atoms with Crippen molar-refractivity contribution in [2.24, 2.45) is 0 Å². The molecular weight excluding hydrogens is 311 g/mol. The van der Waals surface area contributed by atoms with E-state index in [1.807, 2.05) is 31.2 Å². The third kappa shape index (κ3) is 4.55. The Morgan fingerprint density at radius 1 is 1.19 bits per heavy atom. The van der Waals surface area contributed by atoms with Gasteiger partial charge in [-0.15, -0.1) is 0 Å². The first kappa shape index (κ1) is 15.5. The molecule has 0 atom stereocenters. The maximum atomic E-state index is 11.7. The van der Waals surface area contributed by atoms with Crippen LogP contribution < -0.4 is 15.4 Å². The second-order valence-electron chi connectivity index (χ2n) is 4.31. The number of amides is 2. The largest absolute Gasteiger partial charge is 0.472 e. The van der Waals surface area contributed by atoms with Gasteiger partial charge in [-0.05, 0) is 36.8 Å². The fraction of sp³-hybridized carbons (Fsp3) is 0.133. The molecule has 4 nitrogen and oxygen atoms in total. The molecule has 2 aromatic carbocycles. The van der Waals surface area contributed by atoms with Crippen LogP contribution in [0.4, 0.5) is 10.5 Å². The van der Waals surface area contributed by atoms with Gasteiger partial charge in [-0.2, -0.15) is 0 Å². The van der Waals surface area contributed by atoms with Gasteiger partial charge in [-0.1, -0.05) is 41.4 Å². The molecule has 0 saturated carbocycles. The van der Waals surface area contributed by atoms with Crippen LogP contribution in [0.3, 0.4) is 0 Å². The van der Waals surface area contributed by atoms with Gasteiger partial charge in [-0.3, -0.25) is 0 Å². The lowest BCUT2D eigenvalue weighted by Gasteiger charge is -2.11. The van der Waals surface area contributed by atoms with Gasteiger partial charge in [0.1, 0.15) is 5.75 Å². The summed E-state index contributed by atoms with van der Waals surface area (Å²) < 4.78 is 5.37. The molecule has 0 fully saturated rings. The topological polar surface area (TPSA) is 50.4 Å². The van der Waals surface area contributed by atoms with Crippen molar-refractivity contribution < 1.29 is 9.53 Å². The third-order valence-electron chi connectivity index (χ3n) is 2.75. The van der Waals surface area contributed by atoms with Gasteiger partial charge in [0, 0.05) is 10.7 Å². The van der Waals surface area contributed by atoms with Crippen LogP contribution >= 0.6 is 23.2 Å². The van der Waals surface area contributed by atoms with Crippen molar-refractivity contribution >= 4 is 34.9 Å². The lowest BCUT2D eigenvalue weighted by Crippen LogP contribution is -2.32. The van der Waals surface area contributed by atoms with Gasteiger partial charge in [0.15, 0.2) is 6.73 Å². The Labute approximate surface area is 133 Å². The summed E-state index contributed by atoms with van der Waals surface area (Å²) >= 11 is 11.7. The predicted octanol–water partition coefficient (Wildman–Crippen LogP) is 4.46. The molecule has 2 aromatic rings. The summed E-state index contributed by atoms with van der Waals surface area (Å²) in [5.74, 6) is 0.456. The highest BCUT2D eigenvalue weighted by Gasteiger charge is 2.05. The number of urea groups is 1. The Bertz CT molecular complexity index is 647. The van der Waals surface area contributed by atoms with Gasteiger partial charge >= 0.3 is 6.03 Å². The van der Waals surface area contributed by atoms with Gasteiger partial charge in [0.05, 0.1) is 5.02 Å². The Morgan fingerprint density at radius 3 is 2.67 bits per heavy atom. The summed E-state index contributed by atoms with van der Waals surface area (Å²) in [6.45, 7) is 1.92. The molecular formula is C15H14Cl2N2O2. The SMILES string of the molecule is Cc1ccccc1NC(=O)NCOc1ccc(Cl)cc1Cl. The maximum Gasteiger partial charge on any atom is 0.321 e. The highest BCUT2D eigenvalue weighted by molar-refractivity contribution is 6.35. The minimum Gasteiger partial charge on any atom is -0.472 e. The molecule has 2 N–H and O–H groups in total. The van der Waals surface area contributed by atoms with Gasteiger partial charge < -0.3 is 15.4 Å². The van der Waals surface area contributed by atoms with E-state index in [1.165, 1.54) is 0 Å². The number of para-hydroxylation sites is 1. The molecule has 0 heterocycles. The molecule has 0 spiro atoms. The highest BCUT2D eigenvalue weighted by Crippen LogP contribution is 2.27. The number of halogens is 2. The first-order valence-corrected chi connectivity index (χ1v) is 7.00. The zero-order valence-electron chi connectivity index (χ0n) is 11.3. The molecule has 6 heteroatoms. The molecule has 110 valence electrons. The van der Waals surface area contributed by atoms with Crippen LogP contribution in [0.1, 0.15) is 5.56 Å². The Morgan fingerprint density at radius 2 is 1.95 bits per heavy atom. The number of benzene rings is 2. The van der Waals surface area contributed by atoms with E-state index in [0.717, 1.165) is 11.3 Å². The Balaban J connectivity index is 1.83. The van der Waals surface area contributed by atoms with Crippen molar-refractivity contribution in [2.75, 3.05) is 12.0 Å². The molecule has 0 aromatic heterocycles. The van der Waals surface area contributed by atoms with Crippen molar-refractivity contribution in [1.82, 2.24) is 5.32 Å². The Hall–Kier alpha value is -1.91. The predicted molar refractivity (Wildman–Crippen MR) is 85.3 cm³/mol. The summed E-state index contributed by atoms with van der Waals surface area (Å²) in [7, 11) is 0. The number of anilines is 1. The molecule has 0 unspecified atom stereocenters. The summed E-state index contributed by atoms with van der Waals surface area (Å²) in [4.78, 5) is 11.7. The van der Waals surface area contributed by atoms with Crippen molar-refractivity contribution in [1.29, 1.82) is 0 Å². The fourth-order valence-corrected chi connectivity index (χ4v) is 2.11. The van der Waals surface area contributed by atoms with Gasteiger partial charge in [-0.25, -0.2) is 4.79 Å². The summed E-state index contributed by atoms with van der Waals surface area (Å²) in [5.41, 5.74) is 1.73. The molecule has 21 heavy (non-hydrogen) atoms. The van der Waals surface area contributed by atoms with Crippen molar-refractivity contribution in [2.45, 2.75) is 6.92 Å². The lowest BCUT2D eigenvalue weighted by molar-refractivity contribution is 0.234. The van der Waals surface area contributed by atoms with Gasteiger partial charge in [0.25, 0.3) is 0 Å². The van der Waals surface area contributed by atoms with E-state index >= 15 is 0 Å². The molecule has 2 amide bonds. The van der Waals surface area contributed by atoms with Crippen LogP contribution in [0.5, 0.6) is 5.75 Å². The van der Waals surface area contributed by atoms with Crippen LogP contribution in [0.2, 0.25) is 10.0 Å². The minimum atomic E-state index is -0.352. The van der Waals surface area contributed by atoms with Crippen molar-refractivity contribution in [3.05, 3.63) is 58.1 Å². The highest BCUT2D eigenvalue weighted by atomic mass is 35.5. The average Bonchev–Trinajstić information content (AvgIpc) is 2.44. The van der Waals surface area contributed by atoms with E-state index < -0.39 is 0 Å². The van der Waals surface area contributed by atoms with Gasteiger partial charge in [0.2, 0.25) is 0 Å². The summed E-state index contributed by atoms with van der Waals surface area (Å²) in [6, 6.07) is 12.0. The van der Waals surface area contributed by atoms with Crippen LogP contribution in [-0.2, 0) is 0 Å². The molecule has 0 aliphatic heterocycles. The Kier molecular flexibility index (Phi) is 5.31. The zero-order valence-corrected chi connectivity index (χ0v) is 12.8. The molecule has 2 rings (SSSR count). The van der Waals surface area contributed by atoms with Crippen LogP contribution in [-0.4, -0.2) is 12.8 Å². The summed E-state index contributed by atoms with van der Waals surface area (Å²) in [6.07, 6.45) is 0. The average molecular weight is 325 g/mol. The van der Waals surface area contributed by atoms with Crippen molar-refractivity contribution in [3.8, 4) is 5.75 Å². The van der Waals surface area contributed by atoms with Crippen LogP contribution in [0, 0.1) is 6.92 Å². The molecule has 0 saturated heterocycles. The molecule has 0 aliphatic rings. The monoisotopic (exact) mass is 324 g/mol. The third-order valence-corrected chi connectivity index (χ3v) is 3.28. The number of hydrogen-bond donors (Lipinski definition) is 2. The first-order valence-electron chi connectivity index (χ1n) is 6.24. The first-order chi connectivity index (χ1) is 10.1. The van der Waals surface area contributed by atoms with E-state index in [4.69, 9.17) is 27.9 Å². The number of nitrogens with one attached hydrogen (secondary N) is 2. The molecule has 0 aliphatic carbocycles. The number of rotatable bonds is 4. The number of hydrogen-bond acceptors (Lipinski definition) is 2. The van der Waals surface area contributed by atoms with E-state index in [1.54, 1.807) is 18.2 Å². The van der Waals surface area contributed by atoms with E-state index in [9.17, 15) is 4.79 Å². The number of aryl methyl sites for hydroxylation is 1. The molecule has 0 bridgehead atoms. The van der Waals surface area contributed by atoms with E-state index in [-0.39, 0.29) is 12.8 Å². The smallest absolute Gasteiger partial charge is 0.321 e. The standard InChI is InChI=1S/C15H14Cl2N2O2/c1-10-4-2-3-5-13(10)19-15(20)18-9-21-14-7-6-11(16)8-12(14)17/h2-8H,9H2,1H3,(H2,18,19,20). The van der Waals surface area contributed by atoms with Crippen LogP contribution in [0.15, 0.2) is 42.5 Å². The number of carbonyl (C=O) groups is 1. The lowest BCUT2D eigenvalue weighted by atomic mass is 10.2. The second-order valence-corrected chi connectivity index (χ2v) is 5.15. The maximum absolute atomic E-state index is 11.7. The quantitative estimate of drug-likeness (QED) is 0.816. The normalized spacial score (nSPS) is 10.0. The molecule has 0 radical (unpaired) electrons. The van der Waals surface area contributed by atoms with E-state index in [2.05, 4.69) is 10.6 Å². The fourth-order valence-electron chi connectivity index (χ4n) is 1.65. The number of ether oxygens (including phenoxy) is 1. The number of carbonyl (C=O) groups excluding carboxylic acids is 1. The minimum absolute atomic E-state index is 0.000926. The van der Waals surface area contributed by atoms with Crippen molar-refractivity contribution in [3.63, 3.8) is 0 Å².